The largest absolute Gasteiger partial charge is 0.376 e. The third kappa shape index (κ3) is 5.30. The van der Waals surface area contributed by atoms with Crippen molar-refractivity contribution in [2.75, 3.05) is 37.8 Å². The number of benzene rings is 1. The molecule has 0 radical (unpaired) electrons. The Morgan fingerprint density at radius 3 is 2.71 bits per heavy atom. The Balaban J connectivity index is 1.63. The van der Waals surface area contributed by atoms with Gasteiger partial charge in [-0.2, -0.15) is 0 Å². The first-order valence-electron chi connectivity index (χ1n) is 9.59. The predicted molar refractivity (Wildman–Crippen MR) is 106 cm³/mol. The molecule has 2 aliphatic rings. The number of hydrogen-bond donors (Lipinski definition) is 2. The van der Waals surface area contributed by atoms with Crippen molar-refractivity contribution in [3.05, 3.63) is 29.8 Å². The van der Waals surface area contributed by atoms with Crippen LogP contribution in [-0.4, -0.2) is 63.1 Å². The van der Waals surface area contributed by atoms with Crippen molar-refractivity contribution in [1.82, 2.24) is 9.62 Å². The summed E-state index contributed by atoms with van der Waals surface area (Å²) in [6.07, 6.45) is 4.37. The molecule has 2 saturated heterocycles. The van der Waals surface area contributed by atoms with E-state index in [0.717, 1.165) is 25.7 Å². The molecule has 0 aromatic heterocycles. The summed E-state index contributed by atoms with van der Waals surface area (Å²) >= 11 is 0. The molecule has 0 aliphatic carbocycles. The molecule has 2 atom stereocenters. The summed E-state index contributed by atoms with van der Waals surface area (Å²) in [4.78, 5) is 25.3. The molecular weight excluding hydrogens is 382 g/mol. The zero-order chi connectivity index (χ0) is 20.1. The zero-order valence-electron chi connectivity index (χ0n) is 16.0. The van der Waals surface area contributed by atoms with Crippen LogP contribution in [0.2, 0.25) is 0 Å². The van der Waals surface area contributed by atoms with Crippen LogP contribution in [0.5, 0.6) is 0 Å². The molecule has 8 nitrogen and oxygen atoms in total. The second-order valence-electron chi connectivity index (χ2n) is 7.34. The number of piperidine rings is 1. The molecular formula is C19H27N3O5S. The van der Waals surface area contributed by atoms with Gasteiger partial charge in [0.05, 0.1) is 29.5 Å². The molecule has 1 aromatic rings. The van der Waals surface area contributed by atoms with Crippen LogP contribution in [0, 0.1) is 5.92 Å². The van der Waals surface area contributed by atoms with Crippen molar-refractivity contribution in [2.24, 2.45) is 5.92 Å². The average molecular weight is 410 g/mol. The van der Waals surface area contributed by atoms with Crippen molar-refractivity contribution in [3.63, 3.8) is 0 Å². The maximum absolute atomic E-state index is 12.7. The summed E-state index contributed by atoms with van der Waals surface area (Å²) in [5, 5.41) is 5.67. The highest BCUT2D eigenvalue weighted by atomic mass is 32.2. The molecule has 0 saturated carbocycles. The molecule has 2 aliphatic heterocycles. The Hall–Kier alpha value is -1.97. The molecule has 9 heteroatoms. The van der Waals surface area contributed by atoms with E-state index in [2.05, 4.69) is 10.6 Å². The Morgan fingerprint density at radius 1 is 1.21 bits per heavy atom. The molecule has 1 aromatic carbocycles. The minimum absolute atomic E-state index is 0.0370. The predicted octanol–water partition coefficient (Wildman–Crippen LogP) is 1.21. The topological polar surface area (TPSA) is 105 Å². The van der Waals surface area contributed by atoms with Crippen LogP contribution in [0.25, 0.3) is 0 Å². The van der Waals surface area contributed by atoms with Crippen LogP contribution in [0.3, 0.4) is 0 Å². The van der Waals surface area contributed by atoms with E-state index < -0.39 is 15.9 Å². The number of amides is 2. The second-order valence-corrected chi connectivity index (χ2v) is 9.32. The van der Waals surface area contributed by atoms with E-state index in [1.54, 1.807) is 24.3 Å². The standard InChI is InChI=1S/C19H27N3O5S/c1-28(25,26)22-10-4-6-14(13-22)18(23)21-17-9-3-2-8-16(17)19(24)20-12-15-7-5-11-27-15/h2-3,8-9,14-15H,4-7,10-13H2,1H3,(H,20,24)(H,21,23)/t14-,15+/m1/s1. The van der Waals surface area contributed by atoms with E-state index in [0.29, 0.717) is 37.2 Å². The first-order chi connectivity index (χ1) is 13.3. The number of ether oxygens (including phenoxy) is 1. The van der Waals surface area contributed by atoms with Crippen molar-refractivity contribution < 1.29 is 22.7 Å². The van der Waals surface area contributed by atoms with E-state index >= 15 is 0 Å². The number of para-hydroxylation sites is 1. The molecule has 2 heterocycles. The van der Waals surface area contributed by atoms with Gasteiger partial charge in [-0.25, -0.2) is 12.7 Å². The summed E-state index contributed by atoms with van der Waals surface area (Å²) in [7, 11) is -3.32. The lowest BCUT2D eigenvalue weighted by molar-refractivity contribution is -0.120. The van der Waals surface area contributed by atoms with Crippen LogP contribution in [0.15, 0.2) is 24.3 Å². The molecule has 2 amide bonds. The van der Waals surface area contributed by atoms with E-state index in [9.17, 15) is 18.0 Å². The van der Waals surface area contributed by atoms with Crippen LogP contribution in [-0.2, 0) is 19.6 Å². The fourth-order valence-electron chi connectivity index (χ4n) is 3.59. The molecule has 0 bridgehead atoms. The van der Waals surface area contributed by atoms with Gasteiger partial charge in [0.15, 0.2) is 0 Å². The number of carbonyl (C=O) groups is 2. The molecule has 154 valence electrons. The summed E-state index contributed by atoms with van der Waals surface area (Å²) in [6, 6.07) is 6.82. The highest BCUT2D eigenvalue weighted by Crippen LogP contribution is 2.22. The zero-order valence-corrected chi connectivity index (χ0v) is 16.8. The molecule has 0 spiro atoms. The normalized spacial score (nSPS) is 23.3. The summed E-state index contributed by atoms with van der Waals surface area (Å²) in [6.45, 7) is 1.76. The second kappa shape index (κ2) is 9.02. The van der Waals surface area contributed by atoms with Crippen LogP contribution in [0.4, 0.5) is 5.69 Å². The number of rotatable bonds is 6. The Kier molecular flexibility index (Phi) is 6.69. The van der Waals surface area contributed by atoms with Crippen molar-refractivity contribution in [3.8, 4) is 0 Å². The third-order valence-electron chi connectivity index (χ3n) is 5.17. The minimum atomic E-state index is -3.32. The van der Waals surface area contributed by atoms with Gasteiger partial charge in [0.1, 0.15) is 0 Å². The SMILES string of the molecule is CS(=O)(=O)N1CCC[C@@H](C(=O)Nc2ccccc2C(=O)NC[C@@H]2CCCO2)C1. The number of nitrogens with zero attached hydrogens (tertiary/aromatic N) is 1. The summed E-state index contributed by atoms with van der Waals surface area (Å²) in [5.41, 5.74) is 0.804. The lowest BCUT2D eigenvalue weighted by Crippen LogP contribution is -2.43. The van der Waals surface area contributed by atoms with Crippen molar-refractivity contribution in [2.45, 2.75) is 31.8 Å². The highest BCUT2D eigenvalue weighted by Gasteiger charge is 2.30. The maximum atomic E-state index is 12.7. The fourth-order valence-corrected chi connectivity index (χ4v) is 4.50. The van der Waals surface area contributed by atoms with Crippen LogP contribution in [0.1, 0.15) is 36.0 Å². The number of carbonyl (C=O) groups excluding carboxylic acids is 2. The average Bonchev–Trinajstić information content (AvgIpc) is 3.19. The molecule has 0 unspecified atom stereocenters. The lowest BCUT2D eigenvalue weighted by atomic mass is 9.98. The molecule has 2 fully saturated rings. The summed E-state index contributed by atoms with van der Waals surface area (Å²) < 4.78 is 30.4. The molecule has 2 N–H and O–H groups in total. The Morgan fingerprint density at radius 2 is 2.00 bits per heavy atom. The monoisotopic (exact) mass is 409 g/mol. The van der Waals surface area contributed by atoms with E-state index in [4.69, 9.17) is 4.74 Å². The Labute approximate surface area is 165 Å². The van der Waals surface area contributed by atoms with E-state index in [1.807, 2.05) is 0 Å². The van der Waals surface area contributed by atoms with Crippen molar-refractivity contribution in [1.29, 1.82) is 0 Å². The van der Waals surface area contributed by atoms with E-state index in [1.165, 1.54) is 4.31 Å². The quantitative estimate of drug-likeness (QED) is 0.735. The minimum Gasteiger partial charge on any atom is -0.376 e. The fraction of sp³-hybridized carbons (Fsp3) is 0.579. The lowest BCUT2D eigenvalue weighted by Gasteiger charge is -2.30. The molecule has 3 rings (SSSR count). The van der Waals surface area contributed by atoms with Gasteiger partial charge in [0.25, 0.3) is 5.91 Å². The number of hydrogen-bond acceptors (Lipinski definition) is 5. The van der Waals surface area contributed by atoms with Gasteiger partial charge in [-0.15, -0.1) is 0 Å². The smallest absolute Gasteiger partial charge is 0.253 e. The van der Waals surface area contributed by atoms with Crippen LogP contribution >= 0.6 is 0 Å². The van der Waals surface area contributed by atoms with Gasteiger partial charge in [-0.3, -0.25) is 9.59 Å². The number of anilines is 1. The number of sulfonamides is 1. The first kappa shape index (κ1) is 20.8. The van der Waals surface area contributed by atoms with Gasteiger partial charge < -0.3 is 15.4 Å². The van der Waals surface area contributed by atoms with Gasteiger partial charge in [-0.05, 0) is 37.8 Å². The number of nitrogens with one attached hydrogen (secondary N) is 2. The molecule has 28 heavy (non-hydrogen) atoms. The van der Waals surface area contributed by atoms with Gasteiger partial charge >= 0.3 is 0 Å². The van der Waals surface area contributed by atoms with Crippen molar-refractivity contribution >= 4 is 27.5 Å². The van der Waals surface area contributed by atoms with Crippen LogP contribution < -0.4 is 10.6 Å². The van der Waals surface area contributed by atoms with Gasteiger partial charge in [-0.1, -0.05) is 12.1 Å². The van der Waals surface area contributed by atoms with Gasteiger partial charge in [0.2, 0.25) is 15.9 Å². The van der Waals surface area contributed by atoms with E-state index in [-0.39, 0.29) is 24.5 Å². The first-order valence-corrected chi connectivity index (χ1v) is 11.4. The maximum Gasteiger partial charge on any atom is 0.253 e. The third-order valence-corrected chi connectivity index (χ3v) is 6.44. The van der Waals surface area contributed by atoms with Gasteiger partial charge in [0, 0.05) is 26.2 Å². The highest BCUT2D eigenvalue weighted by molar-refractivity contribution is 7.88. The summed E-state index contributed by atoms with van der Waals surface area (Å²) in [5.74, 6) is -0.980. The Bertz CT molecular complexity index is 821.